The lowest BCUT2D eigenvalue weighted by Gasteiger charge is -2.19. The van der Waals surface area contributed by atoms with E-state index < -0.39 is 5.82 Å². The lowest BCUT2D eigenvalue weighted by atomic mass is 10.1. The highest BCUT2D eigenvalue weighted by atomic mass is 19.1. The van der Waals surface area contributed by atoms with Gasteiger partial charge in [0.1, 0.15) is 13.2 Å². The molecule has 1 aliphatic heterocycles. The number of H-pyrrole nitrogens is 1. The van der Waals surface area contributed by atoms with Crippen LogP contribution in [0.3, 0.4) is 0 Å². The molecule has 180 valence electrons. The number of benzene rings is 2. The maximum Gasteiger partial charge on any atom is 0.306 e. The summed E-state index contributed by atoms with van der Waals surface area (Å²) >= 11 is 0. The first-order valence-electron chi connectivity index (χ1n) is 11.2. The number of halogens is 1. The number of nitrogens with one attached hydrogen (secondary N) is 3. The summed E-state index contributed by atoms with van der Waals surface area (Å²) in [5.74, 6) is 0.633. The van der Waals surface area contributed by atoms with Crippen LogP contribution < -0.4 is 20.1 Å². The SMILES string of the molecule is CCOC(=O)CCc1[nH]nc2ccc(Nc3nc(Nc4ccc5c(c4)OCCO5)ncc3F)cc12. The largest absolute Gasteiger partial charge is 0.486 e. The van der Waals surface area contributed by atoms with Gasteiger partial charge in [-0.05, 0) is 37.3 Å². The van der Waals surface area contributed by atoms with Crippen LogP contribution in [-0.4, -0.2) is 46.0 Å². The van der Waals surface area contributed by atoms with E-state index in [9.17, 15) is 9.18 Å². The molecule has 4 aromatic rings. The summed E-state index contributed by atoms with van der Waals surface area (Å²) in [5.41, 5.74) is 2.82. The number of carbonyl (C=O) groups is 1. The molecule has 5 rings (SSSR count). The Morgan fingerprint density at radius 1 is 1.11 bits per heavy atom. The van der Waals surface area contributed by atoms with Gasteiger partial charge < -0.3 is 24.8 Å². The highest BCUT2D eigenvalue weighted by Gasteiger charge is 2.14. The van der Waals surface area contributed by atoms with Gasteiger partial charge in [0.15, 0.2) is 23.1 Å². The summed E-state index contributed by atoms with van der Waals surface area (Å²) in [4.78, 5) is 20.0. The summed E-state index contributed by atoms with van der Waals surface area (Å²) in [6.07, 6.45) is 1.78. The van der Waals surface area contributed by atoms with Crippen LogP contribution in [0.1, 0.15) is 19.0 Å². The Bertz CT molecular complexity index is 1380. The van der Waals surface area contributed by atoms with Crippen LogP contribution in [0.5, 0.6) is 11.5 Å². The van der Waals surface area contributed by atoms with Crippen LogP contribution in [0.15, 0.2) is 42.6 Å². The van der Waals surface area contributed by atoms with Crippen molar-refractivity contribution in [3.8, 4) is 11.5 Å². The number of esters is 1. The fourth-order valence-corrected chi connectivity index (χ4v) is 3.69. The summed E-state index contributed by atoms with van der Waals surface area (Å²) in [6, 6.07) is 10.8. The minimum atomic E-state index is -0.604. The molecule has 35 heavy (non-hydrogen) atoms. The fraction of sp³-hybridized carbons (Fsp3) is 0.250. The molecule has 2 aromatic heterocycles. The molecule has 0 fully saturated rings. The standard InChI is InChI=1S/C24H23FN6O4/c1-2-33-22(32)8-6-19-16-11-14(3-5-18(16)30-31-19)27-23-17(25)13-26-24(29-23)28-15-4-7-20-21(12-15)35-10-9-34-20/h3-5,7,11-13H,2,6,8-10H2,1H3,(H,30,31)(H2,26,27,28,29). The van der Waals surface area contributed by atoms with Gasteiger partial charge in [0.05, 0.1) is 24.7 Å². The summed E-state index contributed by atoms with van der Waals surface area (Å²) in [5, 5.41) is 14.1. The Morgan fingerprint density at radius 2 is 1.91 bits per heavy atom. The molecule has 11 heteroatoms. The zero-order chi connectivity index (χ0) is 24.2. The highest BCUT2D eigenvalue weighted by Crippen LogP contribution is 2.33. The Balaban J connectivity index is 1.33. The van der Waals surface area contributed by atoms with E-state index in [1.807, 2.05) is 6.07 Å². The van der Waals surface area contributed by atoms with E-state index in [0.29, 0.717) is 49.1 Å². The molecule has 0 radical (unpaired) electrons. The van der Waals surface area contributed by atoms with Crippen LogP contribution in [-0.2, 0) is 16.0 Å². The third-order valence-electron chi connectivity index (χ3n) is 5.32. The molecule has 2 aromatic carbocycles. The van der Waals surface area contributed by atoms with Crippen molar-refractivity contribution in [2.24, 2.45) is 0 Å². The van der Waals surface area contributed by atoms with Crippen molar-refractivity contribution in [2.45, 2.75) is 19.8 Å². The Labute approximate surface area is 199 Å². The minimum Gasteiger partial charge on any atom is -0.486 e. The average Bonchev–Trinajstić information content (AvgIpc) is 3.27. The molecule has 0 amide bonds. The highest BCUT2D eigenvalue weighted by molar-refractivity contribution is 5.86. The van der Waals surface area contributed by atoms with Gasteiger partial charge in [0.25, 0.3) is 0 Å². The third kappa shape index (κ3) is 5.08. The lowest BCUT2D eigenvalue weighted by Crippen LogP contribution is -2.15. The number of hydrogen-bond acceptors (Lipinski definition) is 9. The van der Waals surface area contributed by atoms with E-state index in [2.05, 4.69) is 30.8 Å². The molecule has 3 N–H and O–H groups in total. The second-order valence-electron chi connectivity index (χ2n) is 7.74. The maximum absolute atomic E-state index is 14.5. The Kier molecular flexibility index (Phi) is 6.29. The number of anilines is 4. The number of aryl methyl sites for hydroxylation is 1. The molecule has 0 unspecified atom stereocenters. The summed E-state index contributed by atoms with van der Waals surface area (Å²) in [7, 11) is 0. The Hall–Kier alpha value is -4.41. The smallest absolute Gasteiger partial charge is 0.306 e. The van der Waals surface area contributed by atoms with Gasteiger partial charge in [-0.25, -0.2) is 9.37 Å². The van der Waals surface area contributed by atoms with Crippen LogP contribution in [0.2, 0.25) is 0 Å². The van der Waals surface area contributed by atoms with Gasteiger partial charge in [-0.15, -0.1) is 0 Å². The molecule has 0 saturated carbocycles. The van der Waals surface area contributed by atoms with Crippen molar-refractivity contribution >= 4 is 40.0 Å². The molecule has 0 spiro atoms. The van der Waals surface area contributed by atoms with Gasteiger partial charge in [-0.3, -0.25) is 9.89 Å². The summed E-state index contributed by atoms with van der Waals surface area (Å²) in [6.45, 7) is 3.09. The van der Waals surface area contributed by atoms with Crippen molar-refractivity contribution < 1.29 is 23.4 Å². The van der Waals surface area contributed by atoms with Crippen molar-refractivity contribution in [1.82, 2.24) is 20.2 Å². The number of rotatable bonds is 8. The van der Waals surface area contributed by atoms with Crippen molar-refractivity contribution in [3.05, 3.63) is 54.1 Å². The van der Waals surface area contributed by atoms with Crippen molar-refractivity contribution in [2.75, 3.05) is 30.5 Å². The number of fused-ring (bicyclic) bond motifs is 2. The van der Waals surface area contributed by atoms with Crippen LogP contribution >= 0.6 is 0 Å². The topological polar surface area (TPSA) is 123 Å². The number of nitrogens with zero attached hydrogens (tertiary/aromatic N) is 3. The van der Waals surface area contributed by atoms with E-state index in [1.54, 1.807) is 37.3 Å². The van der Waals surface area contributed by atoms with Gasteiger partial charge in [0.2, 0.25) is 5.95 Å². The number of aromatic nitrogens is 4. The zero-order valence-corrected chi connectivity index (χ0v) is 18.9. The average molecular weight is 478 g/mol. The van der Waals surface area contributed by atoms with Gasteiger partial charge in [-0.2, -0.15) is 10.1 Å². The number of carbonyl (C=O) groups excluding carboxylic acids is 1. The molecule has 3 heterocycles. The molecule has 0 bridgehead atoms. The van der Waals surface area contributed by atoms with Crippen LogP contribution in [0.4, 0.5) is 27.5 Å². The van der Waals surface area contributed by atoms with E-state index in [0.717, 1.165) is 22.8 Å². The first kappa shape index (κ1) is 22.4. The molecule has 0 aliphatic carbocycles. The van der Waals surface area contributed by atoms with Gasteiger partial charge >= 0.3 is 5.97 Å². The van der Waals surface area contributed by atoms with Crippen LogP contribution in [0.25, 0.3) is 10.9 Å². The first-order valence-corrected chi connectivity index (χ1v) is 11.2. The van der Waals surface area contributed by atoms with E-state index >= 15 is 0 Å². The fourth-order valence-electron chi connectivity index (χ4n) is 3.69. The normalized spacial score (nSPS) is 12.4. The second kappa shape index (κ2) is 9.84. The van der Waals surface area contributed by atoms with Crippen LogP contribution in [0, 0.1) is 5.82 Å². The van der Waals surface area contributed by atoms with Gasteiger partial charge in [0, 0.05) is 34.9 Å². The van der Waals surface area contributed by atoms with E-state index in [1.165, 1.54) is 0 Å². The predicted molar refractivity (Wildman–Crippen MR) is 127 cm³/mol. The van der Waals surface area contributed by atoms with E-state index in [4.69, 9.17) is 14.2 Å². The van der Waals surface area contributed by atoms with Crippen molar-refractivity contribution in [3.63, 3.8) is 0 Å². The first-order chi connectivity index (χ1) is 17.1. The monoisotopic (exact) mass is 478 g/mol. The quantitative estimate of drug-likeness (QED) is 0.319. The van der Waals surface area contributed by atoms with Gasteiger partial charge in [-0.1, -0.05) is 0 Å². The number of aromatic amines is 1. The molecule has 10 nitrogen and oxygen atoms in total. The molecule has 1 aliphatic rings. The third-order valence-corrected chi connectivity index (χ3v) is 5.32. The minimum absolute atomic E-state index is 0.0101. The zero-order valence-electron chi connectivity index (χ0n) is 18.9. The molecular formula is C24H23FN6O4. The Morgan fingerprint density at radius 3 is 2.77 bits per heavy atom. The van der Waals surface area contributed by atoms with Crippen molar-refractivity contribution in [1.29, 1.82) is 0 Å². The molecule has 0 atom stereocenters. The lowest BCUT2D eigenvalue weighted by molar-refractivity contribution is -0.143. The molecule has 0 saturated heterocycles. The number of hydrogen-bond donors (Lipinski definition) is 3. The molecular weight excluding hydrogens is 455 g/mol. The second-order valence-corrected chi connectivity index (χ2v) is 7.74. The summed E-state index contributed by atoms with van der Waals surface area (Å²) < 4.78 is 30.6. The maximum atomic E-state index is 14.5. The number of ether oxygens (including phenoxy) is 3. The van der Waals surface area contributed by atoms with E-state index in [-0.39, 0.29) is 24.2 Å². The predicted octanol–water partition coefficient (Wildman–Crippen LogP) is 4.25.